The van der Waals surface area contributed by atoms with E-state index in [0.717, 1.165) is 4.57 Å². The van der Waals surface area contributed by atoms with Crippen LogP contribution in [0.15, 0.2) is 4.79 Å². The summed E-state index contributed by atoms with van der Waals surface area (Å²) in [5.41, 5.74) is -0.498. The van der Waals surface area contributed by atoms with Crippen molar-refractivity contribution in [3.8, 4) is 0 Å². The van der Waals surface area contributed by atoms with E-state index in [2.05, 4.69) is 10.2 Å². The number of carbonyl (C=O) groups is 1. The highest BCUT2D eigenvalue weighted by atomic mass is 16.4. The number of hydrogen-bond acceptors (Lipinski definition) is 3. The third-order valence-electron chi connectivity index (χ3n) is 1.41. The van der Waals surface area contributed by atoms with Crippen LogP contribution in [-0.4, -0.2) is 25.8 Å². The van der Waals surface area contributed by atoms with Crippen molar-refractivity contribution in [3.63, 3.8) is 0 Å². The average Bonchev–Trinajstić information content (AvgIpc) is 2.30. The van der Waals surface area contributed by atoms with Crippen molar-refractivity contribution in [2.45, 2.75) is 19.9 Å². The molecule has 0 radical (unpaired) electrons. The van der Waals surface area contributed by atoms with Gasteiger partial charge in [-0.25, -0.2) is 14.7 Å². The normalized spacial score (nSPS) is 10.6. The first-order chi connectivity index (χ1) is 5.54. The summed E-state index contributed by atoms with van der Waals surface area (Å²) in [5.74, 6) is -1.46. The van der Waals surface area contributed by atoms with E-state index in [0.29, 0.717) is 0 Å². The second-order valence-electron chi connectivity index (χ2n) is 2.62. The lowest BCUT2D eigenvalue weighted by Gasteiger charge is -2.04. The van der Waals surface area contributed by atoms with Crippen LogP contribution in [0.2, 0.25) is 0 Å². The molecule has 0 aliphatic rings. The van der Waals surface area contributed by atoms with E-state index in [1.54, 1.807) is 13.8 Å². The highest BCUT2D eigenvalue weighted by Crippen LogP contribution is 2.01. The highest BCUT2D eigenvalue weighted by molar-refractivity contribution is 5.83. The maximum Gasteiger partial charge on any atom is 0.374 e. The molecule has 0 aliphatic heterocycles. The first-order valence-electron chi connectivity index (χ1n) is 3.44. The molecule has 0 spiro atoms. The van der Waals surface area contributed by atoms with Gasteiger partial charge in [-0.15, -0.1) is 5.10 Å². The van der Waals surface area contributed by atoms with Crippen molar-refractivity contribution < 1.29 is 9.90 Å². The minimum atomic E-state index is -1.21. The number of aromatic carboxylic acids is 1. The number of carboxylic acid groups (broad SMARTS) is 1. The van der Waals surface area contributed by atoms with Gasteiger partial charge in [-0.1, -0.05) is 0 Å². The molecule has 0 amide bonds. The third-order valence-corrected chi connectivity index (χ3v) is 1.41. The van der Waals surface area contributed by atoms with Crippen LogP contribution in [0.4, 0.5) is 0 Å². The topological polar surface area (TPSA) is 88.0 Å². The molecule has 2 N–H and O–H groups in total. The van der Waals surface area contributed by atoms with Crippen molar-refractivity contribution in [2.75, 3.05) is 0 Å². The summed E-state index contributed by atoms with van der Waals surface area (Å²) in [5, 5.41) is 14.0. The molecule has 1 aromatic rings. The van der Waals surface area contributed by atoms with E-state index < -0.39 is 11.7 Å². The summed E-state index contributed by atoms with van der Waals surface area (Å²) in [6.45, 7) is 3.42. The zero-order chi connectivity index (χ0) is 9.30. The van der Waals surface area contributed by atoms with E-state index in [1.165, 1.54) is 0 Å². The Kier molecular flexibility index (Phi) is 1.99. The minimum Gasteiger partial charge on any atom is -0.475 e. The lowest BCUT2D eigenvalue weighted by Crippen LogP contribution is -2.22. The van der Waals surface area contributed by atoms with Gasteiger partial charge < -0.3 is 5.11 Å². The fraction of sp³-hybridized carbons (Fsp3) is 0.500. The zero-order valence-electron chi connectivity index (χ0n) is 6.74. The Morgan fingerprint density at radius 3 is 2.58 bits per heavy atom. The number of nitrogens with one attached hydrogen (secondary N) is 1. The Balaban J connectivity index is 3.31. The van der Waals surface area contributed by atoms with E-state index in [1.807, 2.05) is 0 Å². The molecular weight excluding hydrogens is 162 g/mol. The van der Waals surface area contributed by atoms with Gasteiger partial charge in [0.2, 0.25) is 5.82 Å². The highest BCUT2D eigenvalue weighted by Gasteiger charge is 2.16. The second-order valence-corrected chi connectivity index (χ2v) is 2.62. The van der Waals surface area contributed by atoms with Crippen molar-refractivity contribution in [1.29, 1.82) is 0 Å². The van der Waals surface area contributed by atoms with Gasteiger partial charge in [0, 0.05) is 6.04 Å². The number of rotatable bonds is 2. The molecule has 0 saturated heterocycles. The number of nitrogens with zero attached hydrogens (tertiary/aromatic N) is 2. The first-order valence-corrected chi connectivity index (χ1v) is 3.44. The van der Waals surface area contributed by atoms with Crippen LogP contribution in [0.3, 0.4) is 0 Å². The van der Waals surface area contributed by atoms with Crippen molar-refractivity contribution in [2.24, 2.45) is 0 Å². The Morgan fingerprint density at radius 1 is 1.67 bits per heavy atom. The second kappa shape index (κ2) is 2.80. The molecule has 12 heavy (non-hydrogen) atoms. The van der Waals surface area contributed by atoms with Gasteiger partial charge in [-0.2, -0.15) is 0 Å². The van der Waals surface area contributed by atoms with Gasteiger partial charge in [0.1, 0.15) is 0 Å². The predicted octanol–water partition coefficient (Wildman–Crippen LogP) is -0.149. The maximum atomic E-state index is 11.0. The molecule has 66 valence electrons. The molecule has 6 nitrogen and oxygen atoms in total. The van der Waals surface area contributed by atoms with E-state index in [4.69, 9.17) is 5.11 Å². The van der Waals surface area contributed by atoms with Crippen LogP contribution in [0.25, 0.3) is 0 Å². The van der Waals surface area contributed by atoms with Gasteiger partial charge in [-0.3, -0.25) is 4.57 Å². The van der Waals surface area contributed by atoms with Gasteiger partial charge in [0.25, 0.3) is 0 Å². The van der Waals surface area contributed by atoms with Gasteiger partial charge in [0.05, 0.1) is 0 Å². The Labute approximate surface area is 67.8 Å². The minimum absolute atomic E-state index is 0.206. The molecule has 0 atom stereocenters. The third kappa shape index (κ3) is 1.23. The Bertz CT molecular complexity index is 349. The van der Waals surface area contributed by atoms with Gasteiger partial charge in [0.15, 0.2) is 0 Å². The Morgan fingerprint density at radius 2 is 2.25 bits per heavy atom. The van der Waals surface area contributed by atoms with Gasteiger partial charge in [-0.05, 0) is 13.8 Å². The molecule has 1 aromatic heterocycles. The molecule has 0 unspecified atom stereocenters. The summed E-state index contributed by atoms with van der Waals surface area (Å²) in [6.07, 6.45) is 0. The van der Waals surface area contributed by atoms with Crippen LogP contribution < -0.4 is 5.69 Å². The molecule has 6 heteroatoms. The summed E-state index contributed by atoms with van der Waals surface area (Å²) in [4.78, 5) is 21.5. The lowest BCUT2D eigenvalue weighted by atomic mass is 10.4. The SMILES string of the molecule is CC(C)n1c(C(=O)O)n[nH]c1=O. The molecule has 1 heterocycles. The average molecular weight is 171 g/mol. The summed E-state index contributed by atoms with van der Waals surface area (Å²) in [7, 11) is 0. The molecule has 1 rings (SSSR count). The number of hydrogen-bond donors (Lipinski definition) is 2. The quantitative estimate of drug-likeness (QED) is 0.647. The molecule has 0 bridgehead atoms. The monoisotopic (exact) mass is 171 g/mol. The van der Waals surface area contributed by atoms with Gasteiger partial charge >= 0.3 is 11.7 Å². The van der Waals surface area contributed by atoms with Crippen molar-refractivity contribution in [1.82, 2.24) is 14.8 Å². The fourth-order valence-corrected chi connectivity index (χ4v) is 0.935. The van der Waals surface area contributed by atoms with Crippen molar-refractivity contribution >= 4 is 5.97 Å². The van der Waals surface area contributed by atoms with E-state index in [9.17, 15) is 9.59 Å². The Hall–Kier alpha value is -1.59. The van der Waals surface area contributed by atoms with Crippen molar-refractivity contribution in [3.05, 3.63) is 16.3 Å². The zero-order valence-corrected chi connectivity index (χ0v) is 6.74. The molecule has 0 fully saturated rings. The summed E-state index contributed by atoms with van der Waals surface area (Å²) >= 11 is 0. The first kappa shape index (κ1) is 8.51. The fourth-order valence-electron chi connectivity index (χ4n) is 0.935. The number of aromatic amines is 1. The lowest BCUT2D eigenvalue weighted by molar-refractivity contribution is 0.0675. The van der Waals surface area contributed by atoms with Crippen LogP contribution in [0.1, 0.15) is 30.5 Å². The largest absolute Gasteiger partial charge is 0.475 e. The van der Waals surface area contributed by atoms with E-state index in [-0.39, 0.29) is 11.9 Å². The van der Waals surface area contributed by atoms with Crippen LogP contribution >= 0.6 is 0 Å². The molecule has 0 aromatic carbocycles. The standard InChI is InChI=1S/C6H9N3O3/c1-3(2)9-4(5(10)11)7-8-6(9)12/h3H,1-2H3,(H,8,12)(H,10,11). The van der Waals surface area contributed by atoms with Crippen LogP contribution in [0, 0.1) is 0 Å². The molecule has 0 aliphatic carbocycles. The predicted molar refractivity (Wildman–Crippen MR) is 40.2 cm³/mol. The maximum absolute atomic E-state index is 11.0. The van der Waals surface area contributed by atoms with E-state index >= 15 is 0 Å². The summed E-state index contributed by atoms with van der Waals surface area (Å²) in [6, 6.07) is -0.206. The molecule has 0 saturated carbocycles. The molecular formula is C6H9N3O3. The number of aromatic nitrogens is 3. The number of carboxylic acids is 1. The summed E-state index contributed by atoms with van der Waals surface area (Å²) < 4.78 is 1.09. The van der Waals surface area contributed by atoms with Crippen LogP contribution in [0.5, 0.6) is 0 Å². The van der Waals surface area contributed by atoms with Crippen LogP contribution in [-0.2, 0) is 0 Å². The smallest absolute Gasteiger partial charge is 0.374 e. The number of H-pyrrole nitrogens is 1.